The molecule has 2 heterocycles. The molecule has 4 atom stereocenters. The van der Waals surface area contributed by atoms with Gasteiger partial charge in [-0.1, -0.05) is 51.1 Å². The molecule has 0 radical (unpaired) electrons. The number of carbonyl (C=O) groups is 6. The van der Waals surface area contributed by atoms with Gasteiger partial charge in [-0.05, 0) is 61.4 Å². The van der Waals surface area contributed by atoms with Crippen LogP contribution in [0.5, 0.6) is 0 Å². The highest BCUT2D eigenvalue weighted by Gasteiger charge is 2.40. The van der Waals surface area contributed by atoms with Crippen molar-refractivity contribution < 1.29 is 56.9 Å². The van der Waals surface area contributed by atoms with E-state index in [0.29, 0.717) is 50.6 Å². The molecule has 68 heavy (non-hydrogen) atoms. The zero-order valence-electron chi connectivity index (χ0n) is 39.5. The van der Waals surface area contributed by atoms with Crippen molar-refractivity contribution in [3.05, 3.63) is 83.7 Å². The Kier molecular flexibility index (Phi) is 22.0. The Bertz CT molecular complexity index is 2140. The van der Waals surface area contributed by atoms with Crippen molar-refractivity contribution in [3.63, 3.8) is 0 Å². The third-order valence-electron chi connectivity index (χ3n) is 11.2. The van der Waals surface area contributed by atoms with Crippen molar-refractivity contribution in [3.8, 4) is 11.1 Å². The lowest BCUT2D eigenvalue weighted by Gasteiger charge is -2.41. The summed E-state index contributed by atoms with van der Waals surface area (Å²) in [7, 11) is 0. The lowest BCUT2D eigenvalue weighted by Crippen LogP contribution is -2.56. The Morgan fingerprint density at radius 2 is 1.60 bits per heavy atom. The molecule has 4 rings (SSSR count). The fraction of sp³-hybridized carbons (Fsp3) is 0.542. The molecule has 1 aliphatic heterocycles. The fourth-order valence-electron chi connectivity index (χ4n) is 8.05. The Balaban J connectivity index is 1.36. The Labute approximate surface area is 396 Å². The number of rotatable bonds is 28. The molecule has 2 aromatic carbocycles. The van der Waals surface area contributed by atoms with Gasteiger partial charge < -0.3 is 61.1 Å². The second-order valence-corrected chi connectivity index (χ2v) is 17.6. The average Bonchev–Trinajstić information content (AvgIpc) is 3.95. The Morgan fingerprint density at radius 1 is 0.926 bits per heavy atom. The van der Waals surface area contributed by atoms with Crippen LogP contribution in [-0.2, 0) is 49.5 Å². The summed E-state index contributed by atoms with van der Waals surface area (Å²) in [6, 6.07) is 10.4. The topological polar surface area (TPSA) is 250 Å². The van der Waals surface area contributed by atoms with Crippen LogP contribution in [0.15, 0.2) is 60.8 Å². The van der Waals surface area contributed by atoms with Gasteiger partial charge in [0.25, 0.3) is 0 Å². The van der Waals surface area contributed by atoms with Crippen LogP contribution in [0.1, 0.15) is 77.1 Å². The molecule has 0 spiro atoms. The first kappa shape index (κ1) is 54.8. The molecule has 374 valence electrons. The van der Waals surface area contributed by atoms with Crippen LogP contribution in [0, 0.1) is 17.0 Å². The number of ether oxygens (including phenoxy) is 3. The van der Waals surface area contributed by atoms with Crippen molar-refractivity contribution in [2.24, 2.45) is 16.9 Å². The molecule has 20 heteroatoms. The van der Waals surface area contributed by atoms with Gasteiger partial charge in [-0.3, -0.25) is 28.8 Å². The molecule has 0 bridgehead atoms. The van der Waals surface area contributed by atoms with Gasteiger partial charge in [-0.2, -0.15) is 0 Å². The number of nitrogens with one attached hydrogen (secondary N) is 3. The van der Waals surface area contributed by atoms with E-state index >= 15 is 4.39 Å². The Hall–Kier alpha value is -5.80. The van der Waals surface area contributed by atoms with E-state index in [2.05, 4.69) is 16.0 Å². The summed E-state index contributed by atoms with van der Waals surface area (Å²) < 4.78 is 47.4. The molecule has 0 aliphatic carbocycles. The molecule has 0 saturated carbocycles. The summed E-state index contributed by atoms with van der Waals surface area (Å²) >= 11 is 0. The molecule has 8 N–H and O–H groups in total. The number of aliphatic hydroxyl groups excluding tert-OH is 1. The molecule has 1 saturated heterocycles. The quantitative estimate of drug-likeness (QED) is 0.0576. The highest BCUT2D eigenvalue weighted by atomic mass is 19.1. The smallest absolute Gasteiger partial charge is 0.248 e. The van der Waals surface area contributed by atoms with Crippen molar-refractivity contribution in [1.82, 2.24) is 30.3 Å². The van der Waals surface area contributed by atoms with Crippen LogP contribution in [0.3, 0.4) is 0 Å². The summed E-state index contributed by atoms with van der Waals surface area (Å²) in [6.45, 7) is 9.25. The third kappa shape index (κ3) is 16.8. The number of likely N-dealkylation sites (tertiary alicyclic amines) is 1. The predicted molar refractivity (Wildman–Crippen MR) is 248 cm³/mol. The van der Waals surface area contributed by atoms with E-state index < -0.39 is 89.7 Å². The van der Waals surface area contributed by atoms with E-state index in [1.54, 1.807) is 12.3 Å². The third-order valence-corrected chi connectivity index (χ3v) is 11.2. The number of primary amides is 1. The van der Waals surface area contributed by atoms with E-state index in [1.165, 1.54) is 16.7 Å². The van der Waals surface area contributed by atoms with Crippen LogP contribution in [-0.4, -0.2) is 145 Å². The van der Waals surface area contributed by atoms with Gasteiger partial charge in [0.05, 0.1) is 52.1 Å². The molecular weight excluding hydrogens is 887 g/mol. The summed E-state index contributed by atoms with van der Waals surface area (Å²) in [6.07, 6.45) is 2.07. The molecule has 6 amide bonds. The van der Waals surface area contributed by atoms with Crippen LogP contribution < -0.4 is 27.4 Å². The summed E-state index contributed by atoms with van der Waals surface area (Å²) in [5, 5.41) is 18.2. The number of carbonyl (C=O) groups excluding carboxylic acids is 6. The lowest BCUT2D eigenvalue weighted by molar-refractivity contribution is -0.143. The standard InChI is InChI=1S/C48H68F2N8O10/c1-32(54-46(64)39-12-8-18-57(39)47(65)38(28-41(52)60)55-42(61)15-20-66-22-24-68-25-23-67-21-16-51)45(63)53-17-9-19-58(43(62)31-59)44(48(2,3)4)40-26-34(36-27-35(49)13-14-37(36)50)30-56(40)29-33-10-6-5-7-11-33/h5-7,10-11,13-14,26-27,30,32,38-39,44,59H,8-9,12,15-25,28-29,31,51H2,1-4H3,(H2,52,60)(H,53,63)(H,54,64)(H,55,61)/t32-,38-,39-,44-/m0/s1. The normalized spacial score (nSPS) is 15.1. The zero-order valence-corrected chi connectivity index (χ0v) is 39.5. The second-order valence-electron chi connectivity index (χ2n) is 17.6. The van der Waals surface area contributed by atoms with Crippen LogP contribution in [0.4, 0.5) is 8.78 Å². The molecule has 1 aromatic heterocycles. The number of halogens is 2. The highest BCUT2D eigenvalue weighted by Crippen LogP contribution is 2.41. The zero-order chi connectivity index (χ0) is 49.8. The number of aliphatic hydroxyl groups is 1. The number of amides is 6. The monoisotopic (exact) mass is 955 g/mol. The number of hydrogen-bond acceptors (Lipinski definition) is 11. The van der Waals surface area contributed by atoms with Gasteiger partial charge in [0.1, 0.15) is 36.4 Å². The molecule has 1 aliphatic rings. The van der Waals surface area contributed by atoms with Gasteiger partial charge in [0, 0.05) is 62.2 Å². The van der Waals surface area contributed by atoms with Crippen molar-refractivity contribution >= 4 is 35.4 Å². The maximum atomic E-state index is 15.1. The van der Waals surface area contributed by atoms with Gasteiger partial charge in [-0.25, -0.2) is 8.78 Å². The minimum absolute atomic E-state index is 0.0226. The first-order valence-electron chi connectivity index (χ1n) is 22.9. The molecule has 18 nitrogen and oxygen atoms in total. The Morgan fingerprint density at radius 3 is 2.25 bits per heavy atom. The van der Waals surface area contributed by atoms with E-state index in [0.717, 1.165) is 23.8 Å². The average molecular weight is 955 g/mol. The van der Waals surface area contributed by atoms with Crippen molar-refractivity contribution in [2.75, 3.05) is 72.4 Å². The number of hydrogen-bond donors (Lipinski definition) is 6. The summed E-state index contributed by atoms with van der Waals surface area (Å²) in [5.74, 6) is -5.01. The largest absolute Gasteiger partial charge is 0.387 e. The highest BCUT2D eigenvalue weighted by molar-refractivity contribution is 5.96. The molecule has 1 fully saturated rings. The van der Waals surface area contributed by atoms with Crippen molar-refractivity contribution in [2.45, 2.75) is 90.5 Å². The number of nitrogens with zero attached hydrogens (tertiary/aromatic N) is 3. The fourth-order valence-corrected chi connectivity index (χ4v) is 8.05. The maximum absolute atomic E-state index is 15.1. The van der Waals surface area contributed by atoms with Crippen molar-refractivity contribution in [1.29, 1.82) is 0 Å². The van der Waals surface area contributed by atoms with E-state index in [1.807, 2.05) is 55.7 Å². The maximum Gasteiger partial charge on any atom is 0.248 e. The van der Waals surface area contributed by atoms with Gasteiger partial charge in [-0.15, -0.1) is 0 Å². The van der Waals surface area contributed by atoms with Gasteiger partial charge in [0.15, 0.2) is 0 Å². The second kappa shape index (κ2) is 27.3. The number of benzene rings is 2. The van der Waals surface area contributed by atoms with Crippen LogP contribution in [0.25, 0.3) is 11.1 Å². The number of nitrogens with two attached hydrogens (primary N) is 2. The number of aromatic nitrogens is 1. The summed E-state index contributed by atoms with van der Waals surface area (Å²) in [5.41, 5.74) is 12.1. The molecule has 0 unspecified atom stereocenters. The lowest BCUT2D eigenvalue weighted by atomic mass is 9.83. The minimum atomic E-state index is -1.33. The molecular formula is C48H68F2N8O10. The van der Waals surface area contributed by atoms with Crippen LogP contribution in [0.2, 0.25) is 0 Å². The predicted octanol–water partition coefficient (Wildman–Crippen LogP) is 2.15. The van der Waals surface area contributed by atoms with Gasteiger partial charge >= 0.3 is 0 Å². The molecule has 3 aromatic rings. The first-order chi connectivity index (χ1) is 32.4. The van der Waals surface area contributed by atoms with E-state index in [9.17, 15) is 38.3 Å². The minimum Gasteiger partial charge on any atom is -0.387 e. The van der Waals surface area contributed by atoms with E-state index in [-0.39, 0.29) is 64.3 Å². The van der Waals surface area contributed by atoms with E-state index in [4.69, 9.17) is 25.7 Å². The van der Waals surface area contributed by atoms with Gasteiger partial charge in [0.2, 0.25) is 35.4 Å². The SMILES string of the molecule is C[C@H](NC(=O)[C@@H]1CCCN1C(=O)[C@H](CC(N)=O)NC(=O)CCOCCOCCOCCN)C(=O)NCCCN(C(=O)CO)[C@@H](c1cc(-c2cc(F)ccc2F)cn1Cc1ccccc1)C(C)(C)C. The summed E-state index contributed by atoms with van der Waals surface area (Å²) in [4.78, 5) is 81.6. The first-order valence-corrected chi connectivity index (χ1v) is 22.9. The van der Waals surface area contributed by atoms with Crippen LogP contribution >= 0.6 is 0 Å².